The van der Waals surface area contributed by atoms with Crippen LogP contribution in [0.15, 0.2) is 18.2 Å². The maximum Gasteiger partial charge on any atom is 0.238 e. The van der Waals surface area contributed by atoms with E-state index in [0.717, 1.165) is 12.6 Å². The molecule has 0 spiro atoms. The molecular weight excluding hydrogens is 249 g/mol. The van der Waals surface area contributed by atoms with E-state index in [1.165, 1.54) is 12.1 Å². The van der Waals surface area contributed by atoms with Crippen LogP contribution in [-0.2, 0) is 11.3 Å². The molecule has 104 valence electrons. The highest BCUT2D eigenvalue weighted by atomic mass is 19.1. The molecule has 19 heavy (non-hydrogen) atoms. The van der Waals surface area contributed by atoms with Crippen LogP contribution in [0.2, 0.25) is 0 Å². The molecule has 0 radical (unpaired) electrons. The number of likely N-dealkylation sites (N-methyl/N-ethyl adjacent to an activating group) is 1. The molecule has 3 N–H and O–H groups in total. The van der Waals surface area contributed by atoms with Crippen LogP contribution in [0.25, 0.3) is 0 Å². The van der Waals surface area contributed by atoms with Gasteiger partial charge < -0.3 is 15.7 Å². The minimum Gasteiger partial charge on any atom is -0.508 e. The molecule has 0 aromatic heterocycles. The van der Waals surface area contributed by atoms with Gasteiger partial charge in [0.25, 0.3) is 0 Å². The van der Waals surface area contributed by atoms with E-state index in [-0.39, 0.29) is 17.7 Å². The second-order valence-electron chi connectivity index (χ2n) is 4.62. The second-order valence-corrected chi connectivity index (χ2v) is 4.62. The van der Waals surface area contributed by atoms with Crippen molar-refractivity contribution < 1.29 is 14.3 Å². The monoisotopic (exact) mass is 267 g/mol. The Labute approximate surface area is 111 Å². The molecule has 1 aromatic rings. The van der Waals surface area contributed by atoms with E-state index in [1.54, 1.807) is 7.05 Å². The number of nitrogens with one attached hydrogen (secondary N) is 2. The lowest BCUT2D eigenvalue weighted by molar-refractivity contribution is -0.126. The zero-order valence-electron chi connectivity index (χ0n) is 10.8. The summed E-state index contributed by atoms with van der Waals surface area (Å²) >= 11 is 0. The first-order chi connectivity index (χ1) is 9.10. The zero-order chi connectivity index (χ0) is 13.8. The number of amides is 1. The number of hydrogen-bond donors (Lipinski definition) is 3. The van der Waals surface area contributed by atoms with E-state index in [2.05, 4.69) is 10.6 Å². The van der Waals surface area contributed by atoms with Crippen molar-refractivity contribution in [1.29, 1.82) is 0 Å². The molecule has 2 rings (SSSR count). The van der Waals surface area contributed by atoms with Crippen molar-refractivity contribution in [1.82, 2.24) is 15.5 Å². The molecule has 1 aliphatic heterocycles. The average molecular weight is 267 g/mol. The molecule has 1 heterocycles. The van der Waals surface area contributed by atoms with Crippen LogP contribution in [0, 0.1) is 5.82 Å². The van der Waals surface area contributed by atoms with Crippen molar-refractivity contribution in [2.75, 3.05) is 26.7 Å². The topological polar surface area (TPSA) is 64.6 Å². The Morgan fingerprint density at radius 2 is 2.37 bits per heavy atom. The quantitative estimate of drug-likeness (QED) is 0.724. The second kappa shape index (κ2) is 5.99. The molecule has 1 unspecified atom stereocenters. The van der Waals surface area contributed by atoms with Gasteiger partial charge >= 0.3 is 0 Å². The number of phenols is 1. The average Bonchev–Trinajstić information content (AvgIpc) is 2.37. The van der Waals surface area contributed by atoms with Crippen LogP contribution >= 0.6 is 0 Å². The molecule has 1 aromatic carbocycles. The number of piperazine rings is 1. The lowest BCUT2D eigenvalue weighted by Gasteiger charge is -2.34. The van der Waals surface area contributed by atoms with Crippen LogP contribution in [-0.4, -0.2) is 48.6 Å². The van der Waals surface area contributed by atoms with Gasteiger partial charge in [-0.1, -0.05) is 0 Å². The fourth-order valence-corrected chi connectivity index (χ4v) is 2.32. The number of carbonyl (C=O) groups excluding carboxylic acids is 1. The van der Waals surface area contributed by atoms with E-state index in [4.69, 9.17) is 0 Å². The number of benzene rings is 1. The Balaban J connectivity index is 2.12. The van der Waals surface area contributed by atoms with Gasteiger partial charge in [-0.05, 0) is 17.7 Å². The van der Waals surface area contributed by atoms with Crippen molar-refractivity contribution >= 4 is 5.91 Å². The Morgan fingerprint density at radius 3 is 3.05 bits per heavy atom. The summed E-state index contributed by atoms with van der Waals surface area (Å²) in [5.41, 5.74) is 0.660. The molecular formula is C13H18FN3O2. The number of halogens is 1. The van der Waals surface area contributed by atoms with Crippen LogP contribution in [0.4, 0.5) is 4.39 Å². The summed E-state index contributed by atoms with van der Waals surface area (Å²) in [7, 11) is 1.60. The Hall–Kier alpha value is -1.66. The summed E-state index contributed by atoms with van der Waals surface area (Å²) in [5, 5.41) is 15.2. The Morgan fingerprint density at radius 1 is 1.58 bits per heavy atom. The maximum absolute atomic E-state index is 13.2. The molecule has 1 fully saturated rings. The lowest BCUT2D eigenvalue weighted by Crippen LogP contribution is -2.56. The summed E-state index contributed by atoms with van der Waals surface area (Å²) in [6, 6.07) is 3.69. The molecule has 0 saturated carbocycles. The van der Waals surface area contributed by atoms with Gasteiger partial charge in [-0.15, -0.1) is 0 Å². The van der Waals surface area contributed by atoms with Gasteiger partial charge in [0, 0.05) is 39.3 Å². The van der Waals surface area contributed by atoms with Gasteiger partial charge in [0.15, 0.2) is 0 Å². The SMILES string of the molecule is CNC(=O)C1CNCCN1Cc1cc(O)cc(F)c1. The number of phenolic OH excluding ortho intramolecular Hbond substituents is 1. The van der Waals surface area contributed by atoms with Crippen molar-refractivity contribution in [2.45, 2.75) is 12.6 Å². The van der Waals surface area contributed by atoms with Gasteiger partial charge in [-0.25, -0.2) is 4.39 Å². The van der Waals surface area contributed by atoms with Gasteiger partial charge in [0.05, 0.1) is 0 Å². The van der Waals surface area contributed by atoms with E-state index < -0.39 is 5.82 Å². The molecule has 0 bridgehead atoms. The first kappa shape index (κ1) is 13.8. The largest absolute Gasteiger partial charge is 0.508 e. The van der Waals surface area contributed by atoms with Crippen molar-refractivity contribution in [3.63, 3.8) is 0 Å². The first-order valence-electron chi connectivity index (χ1n) is 6.25. The third-order valence-corrected chi connectivity index (χ3v) is 3.23. The highest BCUT2D eigenvalue weighted by molar-refractivity contribution is 5.81. The summed E-state index contributed by atoms with van der Waals surface area (Å²) in [6.45, 7) is 2.50. The smallest absolute Gasteiger partial charge is 0.238 e. The van der Waals surface area contributed by atoms with Crippen molar-refractivity contribution in [3.8, 4) is 5.75 Å². The molecule has 5 nitrogen and oxygen atoms in total. The first-order valence-corrected chi connectivity index (χ1v) is 6.25. The van der Waals surface area contributed by atoms with Crippen molar-refractivity contribution in [3.05, 3.63) is 29.6 Å². The number of aromatic hydroxyl groups is 1. The van der Waals surface area contributed by atoms with Gasteiger partial charge in [-0.3, -0.25) is 9.69 Å². The summed E-state index contributed by atoms with van der Waals surface area (Å²) in [4.78, 5) is 13.8. The third kappa shape index (κ3) is 3.42. The summed E-state index contributed by atoms with van der Waals surface area (Å²) < 4.78 is 13.2. The van der Waals surface area contributed by atoms with Crippen LogP contribution in [0.5, 0.6) is 5.75 Å². The predicted octanol–water partition coefficient (Wildman–Crippen LogP) is 0.0511. The molecule has 6 heteroatoms. The standard InChI is InChI=1S/C13H18FN3O2/c1-15-13(19)12-7-16-2-3-17(12)8-9-4-10(14)6-11(18)5-9/h4-6,12,16,18H,2-3,7-8H2,1H3,(H,15,19). The highest BCUT2D eigenvalue weighted by Crippen LogP contribution is 2.17. The van der Waals surface area contributed by atoms with Crippen LogP contribution in [0.1, 0.15) is 5.56 Å². The fourth-order valence-electron chi connectivity index (χ4n) is 2.32. The van der Waals surface area contributed by atoms with E-state index in [0.29, 0.717) is 25.2 Å². The zero-order valence-corrected chi connectivity index (χ0v) is 10.8. The molecule has 1 amide bonds. The normalized spacial score (nSPS) is 20.2. The minimum atomic E-state index is -0.471. The lowest BCUT2D eigenvalue weighted by atomic mass is 10.1. The van der Waals surface area contributed by atoms with Gasteiger partial charge in [0.1, 0.15) is 17.6 Å². The maximum atomic E-state index is 13.2. The number of nitrogens with zero attached hydrogens (tertiary/aromatic N) is 1. The van der Waals surface area contributed by atoms with Crippen molar-refractivity contribution in [2.24, 2.45) is 0 Å². The van der Waals surface area contributed by atoms with Crippen LogP contribution < -0.4 is 10.6 Å². The third-order valence-electron chi connectivity index (χ3n) is 3.23. The molecule has 1 atom stereocenters. The Kier molecular flexibility index (Phi) is 4.34. The minimum absolute atomic E-state index is 0.0622. The molecule has 0 aliphatic carbocycles. The van der Waals surface area contributed by atoms with Crippen LogP contribution in [0.3, 0.4) is 0 Å². The molecule has 1 saturated heterocycles. The highest BCUT2D eigenvalue weighted by Gasteiger charge is 2.27. The Bertz CT molecular complexity index is 447. The number of rotatable bonds is 3. The number of hydrogen-bond acceptors (Lipinski definition) is 4. The fraction of sp³-hybridized carbons (Fsp3) is 0.462. The summed E-state index contributed by atoms with van der Waals surface area (Å²) in [5.74, 6) is -0.629. The van der Waals surface area contributed by atoms with Gasteiger partial charge in [-0.2, -0.15) is 0 Å². The predicted molar refractivity (Wildman–Crippen MR) is 69.2 cm³/mol. The van der Waals surface area contributed by atoms with E-state index >= 15 is 0 Å². The summed E-state index contributed by atoms with van der Waals surface area (Å²) in [6.07, 6.45) is 0. The van der Waals surface area contributed by atoms with E-state index in [9.17, 15) is 14.3 Å². The van der Waals surface area contributed by atoms with Gasteiger partial charge in [0.2, 0.25) is 5.91 Å². The molecule has 1 aliphatic rings. The van der Waals surface area contributed by atoms with E-state index in [1.807, 2.05) is 4.90 Å². The number of carbonyl (C=O) groups is 1.